The van der Waals surface area contributed by atoms with E-state index in [-0.39, 0.29) is 10.5 Å². The van der Waals surface area contributed by atoms with E-state index in [9.17, 15) is 18.0 Å². The zero-order valence-corrected chi connectivity index (χ0v) is 15.5. The molecule has 1 amide bonds. The quantitative estimate of drug-likeness (QED) is 0.775. The fraction of sp³-hybridized carbons (Fsp3) is 0.222. The summed E-state index contributed by atoms with van der Waals surface area (Å²) in [5, 5.41) is 7.74. The van der Waals surface area contributed by atoms with Gasteiger partial charge >= 0.3 is 5.97 Å². The molecule has 138 valence electrons. The van der Waals surface area contributed by atoms with Gasteiger partial charge in [0.1, 0.15) is 0 Å². The van der Waals surface area contributed by atoms with Crippen molar-refractivity contribution in [2.24, 2.45) is 5.14 Å². The number of amides is 1. The van der Waals surface area contributed by atoms with Crippen molar-refractivity contribution in [2.75, 3.05) is 11.9 Å². The van der Waals surface area contributed by atoms with E-state index in [2.05, 4.69) is 5.32 Å². The SMILES string of the molecule is Cc1ccc(S(N)(=O)=O)cc1C(=O)OCC(=O)Nc1cccc(C)c1C. The fourth-order valence-corrected chi connectivity index (χ4v) is 2.82. The summed E-state index contributed by atoms with van der Waals surface area (Å²) in [5.74, 6) is -1.29. The van der Waals surface area contributed by atoms with Gasteiger partial charge in [-0.15, -0.1) is 0 Å². The first-order valence-corrected chi connectivity index (χ1v) is 9.31. The summed E-state index contributed by atoms with van der Waals surface area (Å²) < 4.78 is 27.8. The molecule has 0 spiro atoms. The molecule has 3 N–H and O–H groups in total. The first kappa shape index (κ1) is 19.6. The Bertz CT molecular complexity index is 968. The molecule has 0 saturated carbocycles. The zero-order valence-electron chi connectivity index (χ0n) is 14.7. The number of nitrogens with one attached hydrogen (secondary N) is 1. The van der Waals surface area contributed by atoms with Gasteiger partial charge < -0.3 is 10.1 Å². The highest BCUT2D eigenvalue weighted by Crippen LogP contribution is 2.18. The van der Waals surface area contributed by atoms with Crippen molar-refractivity contribution >= 4 is 27.6 Å². The third-order valence-electron chi connectivity index (χ3n) is 3.97. The van der Waals surface area contributed by atoms with E-state index in [1.807, 2.05) is 26.0 Å². The average Bonchev–Trinajstić information content (AvgIpc) is 2.56. The molecule has 0 aliphatic rings. The summed E-state index contributed by atoms with van der Waals surface area (Å²) in [4.78, 5) is 24.0. The number of hydrogen-bond acceptors (Lipinski definition) is 5. The predicted octanol–water partition coefficient (Wildman–Crippen LogP) is 2.05. The number of esters is 1. The molecule has 0 fully saturated rings. The van der Waals surface area contributed by atoms with Gasteiger partial charge in [-0.1, -0.05) is 18.2 Å². The zero-order chi connectivity index (χ0) is 19.5. The predicted molar refractivity (Wildman–Crippen MR) is 97.4 cm³/mol. The van der Waals surface area contributed by atoms with E-state index in [4.69, 9.17) is 9.88 Å². The van der Waals surface area contributed by atoms with Crippen LogP contribution in [0.3, 0.4) is 0 Å². The highest BCUT2D eigenvalue weighted by Gasteiger charge is 2.17. The van der Waals surface area contributed by atoms with Gasteiger partial charge in [0, 0.05) is 5.69 Å². The first-order valence-electron chi connectivity index (χ1n) is 7.76. The molecule has 0 aliphatic heterocycles. The maximum atomic E-state index is 12.2. The van der Waals surface area contributed by atoms with Crippen molar-refractivity contribution in [1.29, 1.82) is 0 Å². The number of hydrogen-bond donors (Lipinski definition) is 2. The Morgan fingerprint density at radius 3 is 2.42 bits per heavy atom. The highest BCUT2D eigenvalue weighted by molar-refractivity contribution is 7.89. The minimum absolute atomic E-state index is 0.0380. The van der Waals surface area contributed by atoms with Crippen LogP contribution in [0.25, 0.3) is 0 Å². The number of rotatable bonds is 5. The molecule has 0 bridgehead atoms. The van der Waals surface area contributed by atoms with Crippen LogP contribution in [0.4, 0.5) is 5.69 Å². The Kier molecular flexibility index (Phi) is 5.79. The van der Waals surface area contributed by atoms with Crippen LogP contribution < -0.4 is 10.5 Å². The van der Waals surface area contributed by atoms with Crippen LogP contribution in [-0.2, 0) is 19.6 Å². The molecular weight excluding hydrogens is 356 g/mol. The molecule has 0 atom stereocenters. The van der Waals surface area contributed by atoms with Crippen LogP contribution in [0, 0.1) is 20.8 Å². The number of primary sulfonamides is 1. The van der Waals surface area contributed by atoms with E-state index in [1.54, 1.807) is 13.0 Å². The van der Waals surface area contributed by atoms with Crippen LogP contribution in [0.1, 0.15) is 27.0 Å². The number of nitrogens with two attached hydrogens (primary N) is 1. The van der Waals surface area contributed by atoms with Crippen LogP contribution in [-0.4, -0.2) is 26.9 Å². The fourth-order valence-electron chi connectivity index (χ4n) is 2.28. The van der Waals surface area contributed by atoms with E-state index >= 15 is 0 Å². The number of carbonyl (C=O) groups excluding carboxylic acids is 2. The van der Waals surface area contributed by atoms with Crippen LogP contribution in [0.15, 0.2) is 41.3 Å². The highest BCUT2D eigenvalue weighted by atomic mass is 32.2. The molecule has 7 nitrogen and oxygen atoms in total. The third kappa shape index (κ3) is 4.68. The molecule has 0 unspecified atom stereocenters. The Morgan fingerprint density at radius 1 is 1.08 bits per heavy atom. The van der Waals surface area contributed by atoms with Crippen molar-refractivity contribution < 1.29 is 22.7 Å². The van der Waals surface area contributed by atoms with E-state index in [1.165, 1.54) is 12.1 Å². The Labute approximate surface area is 152 Å². The van der Waals surface area contributed by atoms with E-state index in [0.29, 0.717) is 11.3 Å². The van der Waals surface area contributed by atoms with Gasteiger partial charge in [0.2, 0.25) is 10.0 Å². The monoisotopic (exact) mass is 376 g/mol. The lowest BCUT2D eigenvalue weighted by Crippen LogP contribution is -2.22. The molecule has 0 saturated heterocycles. The van der Waals surface area contributed by atoms with Gasteiger partial charge in [0.25, 0.3) is 5.91 Å². The minimum Gasteiger partial charge on any atom is -0.452 e. The smallest absolute Gasteiger partial charge is 0.338 e. The topological polar surface area (TPSA) is 116 Å². The van der Waals surface area contributed by atoms with Gasteiger partial charge in [0.05, 0.1) is 10.5 Å². The molecule has 2 aromatic rings. The normalized spacial score (nSPS) is 11.1. The average molecular weight is 376 g/mol. The van der Waals surface area contributed by atoms with Crippen molar-refractivity contribution in [3.8, 4) is 0 Å². The molecule has 0 aromatic heterocycles. The van der Waals surface area contributed by atoms with Crippen molar-refractivity contribution in [3.05, 3.63) is 58.7 Å². The second kappa shape index (κ2) is 7.67. The summed E-state index contributed by atoms with van der Waals surface area (Å²) in [5.41, 5.74) is 3.13. The summed E-state index contributed by atoms with van der Waals surface area (Å²) in [6.07, 6.45) is 0. The van der Waals surface area contributed by atoms with Crippen LogP contribution in [0.2, 0.25) is 0 Å². The van der Waals surface area contributed by atoms with Gasteiger partial charge in [-0.2, -0.15) is 0 Å². The Balaban J connectivity index is 2.07. The molecule has 0 heterocycles. The molecule has 2 rings (SSSR count). The minimum atomic E-state index is -3.94. The molecule has 0 radical (unpaired) electrons. The Morgan fingerprint density at radius 2 is 1.77 bits per heavy atom. The van der Waals surface area contributed by atoms with Crippen molar-refractivity contribution in [3.63, 3.8) is 0 Å². The van der Waals surface area contributed by atoms with E-state index < -0.39 is 28.5 Å². The van der Waals surface area contributed by atoms with Gasteiger partial charge in [-0.05, 0) is 55.7 Å². The molecule has 8 heteroatoms. The number of carbonyl (C=O) groups is 2. The van der Waals surface area contributed by atoms with Gasteiger partial charge in [-0.3, -0.25) is 4.79 Å². The van der Waals surface area contributed by atoms with E-state index in [0.717, 1.165) is 17.2 Å². The lowest BCUT2D eigenvalue weighted by Gasteiger charge is -2.11. The number of aryl methyl sites for hydroxylation is 2. The molecule has 0 aliphatic carbocycles. The van der Waals surface area contributed by atoms with Gasteiger partial charge in [-0.25, -0.2) is 18.4 Å². The molecule has 26 heavy (non-hydrogen) atoms. The van der Waals surface area contributed by atoms with Crippen molar-refractivity contribution in [2.45, 2.75) is 25.7 Å². The molecular formula is C18H20N2O5S. The summed E-state index contributed by atoms with van der Waals surface area (Å²) in [7, 11) is -3.94. The van der Waals surface area contributed by atoms with Crippen molar-refractivity contribution in [1.82, 2.24) is 0 Å². The first-order chi connectivity index (χ1) is 12.1. The number of ether oxygens (including phenoxy) is 1. The number of benzene rings is 2. The second-order valence-electron chi connectivity index (χ2n) is 5.89. The largest absolute Gasteiger partial charge is 0.452 e. The summed E-state index contributed by atoms with van der Waals surface area (Å²) in [6.45, 7) is 4.93. The maximum absolute atomic E-state index is 12.2. The summed E-state index contributed by atoms with van der Waals surface area (Å²) >= 11 is 0. The third-order valence-corrected chi connectivity index (χ3v) is 4.88. The standard InChI is InChI=1S/C18H20N2O5S/c1-11-5-4-6-16(13(11)3)20-17(21)10-25-18(22)15-9-14(26(19,23)24)8-7-12(15)2/h4-9H,10H2,1-3H3,(H,20,21)(H2,19,23,24). The lowest BCUT2D eigenvalue weighted by molar-refractivity contribution is -0.119. The Hall–Kier alpha value is -2.71. The maximum Gasteiger partial charge on any atom is 0.338 e. The van der Waals surface area contributed by atoms with Crippen LogP contribution >= 0.6 is 0 Å². The summed E-state index contributed by atoms with van der Waals surface area (Å²) in [6, 6.07) is 9.37. The van der Waals surface area contributed by atoms with Gasteiger partial charge in [0.15, 0.2) is 6.61 Å². The molecule has 2 aromatic carbocycles. The number of anilines is 1. The van der Waals surface area contributed by atoms with Crippen LogP contribution in [0.5, 0.6) is 0 Å². The number of sulfonamides is 1. The lowest BCUT2D eigenvalue weighted by atomic mass is 10.1. The second-order valence-corrected chi connectivity index (χ2v) is 7.45.